The van der Waals surface area contributed by atoms with Crippen LogP contribution >= 0.6 is 11.3 Å². The number of carbonyl (C=O) groups is 2. The highest BCUT2D eigenvalue weighted by molar-refractivity contribution is 7.89. The second kappa shape index (κ2) is 8.34. The molecule has 4 rings (SSSR count). The number of amides is 2. The van der Waals surface area contributed by atoms with E-state index >= 15 is 0 Å². The number of aryl methyl sites for hydroxylation is 1. The molecule has 8 nitrogen and oxygen atoms in total. The van der Waals surface area contributed by atoms with E-state index in [2.05, 4.69) is 10.2 Å². The molecule has 0 aliphatic carbocycles. The van der Waals surface area contributed by atoms with E-state index in [-0.39, 0.29) is 11.4 Å². The summed E-state index contributed by atoms with van der Waals surface area (Å²) >= 11 is 1.35. The summed E-state index contributed by atoms with van der Waals surface area (Å²) in [6, 6.07) is 5.78. The van der Waals surface area contributed by atoms with Crippen LogP contribution in [0.25, 0.3) is 0 Å². The molecule has 2 aromatic rings. The summed E-state index contributed by atoms with van der Waals surface area (Å²) < 4.78 is 27.6. The Bertz CT molecular complexity index is 1120. The van der Waals surface area contributed by atoms with Crippen LogP contribution in [0.5, 0.6) is 0 Å². The van der Waals surface area contributed by atoms with E-state index < -0.39 is 27.9 Å². The summed E-state index contributed by atoms with van der Waals surface area (Å²) in [6.45, 7) is 3.66. The van der Waals surface area contributed by atoms with Gasteiger partial charge in [0.05, 0.1) is 10.5 Å². The highest BCUT2D eigenvalue weighted by atomic mass is 32.2. The van der Waals surface area contributed by atoms with Gasteiger partial charge in [0.25, 0.3) is 5.91 Å². The van der Waals surface area contributed by atoms with Gasteiger partial charge in [-0.2, -0.15) is 4.31 Å². The fraction of sp³-hybridized carbons (Fsp3) is 0.429. The summed E-state index contributed by atoms with van der Waals surface area (Å²) in [6.07, 6.45) is 1.71. The summed E-state index contributed by atoms with van der Waals surface area (Å²) in [5.74, 6) is -1.00. The van der Waals surface area contributed by atoms with Gasteiger partial charge < -0.3 is 16.0 Å². The third-order valence-corrected chi connectivity index (χ3v) is 8.92. The van der Waals surface area contributed by atoms with Gasteiger partial charge in [-0.05, 0) is 50.9 Å². The zero-order valence-corrected chi connectivity index (χ0v) is 19.2. The average molecular weight is 463 g/mol. The molecule has 31 heavy (non-hydrogen) atoms. The van der Waals surface area contributed by atoms with Crippen molar-refractivity contribution >= 4 is 38.2 Å². The van der Waals surface area contributed by atoms with Gasteiger partial charge >= 0.3 is 0 Å². The molecule has 1 aromatic carbocycles. The van der Waals surface area contributed by atoms with Crippen LogP contribution in [0, 0.1) is 6.92 Å². The summed E-state index contributed by atoms with van der Waals surface area (Å²) in [5, 5.41) is 3.24. The van der Waals surface area contributed by atoms with Crippen molar-refractivity contribution in [2.75, 3.05) is 25.5 Å². The molecule has 2 aliphatic rings. The number of fused-ring (bicyclic) bond motifs is 1. The van der Waals surface area contributed by atoms with E-state index in [0.717, 1.165) is 22.5 Å². The molecule has 3 N–H and O–H groups in total. The van der Waals surface area contributed by atoms with Gasteiger partial charge in [0.15, 0.2) is 0 Å². The highest BCUT2D eigenvalue weighted by Crippen LogP contribution is 2.37. The highest BCUT2D eigenvalue weighted by Gasteiger charge is 2.40. The Morgan fingerprint density at radius 3 is 2.58 bits per heavy atom. The lowest BCUT2D eigenvalue weighted by atomic mass is 10.0. The number of nitrogens with zero attached hydrogens (tertiary/aromatic N) is 2. The van der Waals surface area contributed by atoms with Gasteiger partial charge in [0.2, 0.25) is 15.9 Å². The first-order chi connectivity index (χ1) is 14.7. The van der Waals surface area contributed by atoms with Gasteiger partial charge in [0, 0.05) is 24.5 Å². The minimum atomic E-state index is -3.80. The number of benzene rings is 1. The van der Waals surface area contributed by atoms with E-state index in [1.807, 2.05) is 14.0 Å². The molecule has 10 heteroatoms. The van der Waals surface area contributed by atoms with Crippen LogP contribution in [0.3, 0.4) is 0 Å². The summed E-state index contributed by atoms with van der Waals surface area (Å²) in [5.41, 5.74) is 7.83. The van der Waals surface area contributed by atoms with Crippen molar-refractivity contribution in [1.82, 2.24) is 9.21 Å². The molecule has 3 heterocycles. The number of nitrogens with one attached hydrogen (secondary N) is 1. The van der Waals surface area contributed by atoms with E-state index in [4.69, 9.17) is 5.73 Å². The predicted octanol–water partition coefficient (Wildman–Crippen LogP) is 1.94. The lowest BCUT2D eigenvalue weighted by molar-refractivity contribution is -0.119. The van der Waals surface area contributed by atoms with E-state index in [0.29, 0.717) is 36.4 Å². The van der Waals surface area contributed by atoms with Crippen LogP contribution in [-0.4, -0.2) is 55.6 Å². The molecule has 1 atom stereocenters. The quantitative estimate of drug-likeness (QED) is 0.705. The Balaban J connectivity index is 1.60. The molecule has 0 saturated carbocycles. The molecular weight excluding hydrogens is 436 g/mol. The van der Waals surface area contributed by atoms with Crippen molar-refractivity contribution in [2.45, 2.75) is 43.7 Å². The molecule has 166 valence electrons. The van der Waals surface area contributed by atoms with Crippen LogP contribution in [0.1, 0.15) is 39.2 Å². The molecule has 0 spiro atoms. The molecule has 0 radical (unpaired) electrons. The average Bonchev–Trinajstić information content (AvgIpc) is 3.33. The second-order valence-electron chi connectivity index (χ2n) is 8.14. The first-order valence-corrected chi connectivity index (χ1v) is 12.5. The first kappa shape index (κ1) is 21.9. The first-order valence-electron chi connectivity index (χ1n) is 10.2. The number of rotatable bonds is 5. The number of nitrogens with two attached hydrogens (primary N) is 1. The zero-order chi connectivity index (χ0) is 22.3. The van der Waals surface area contributed by atoms with Gasteiger partial charge in [-0.15, -0.1) is 11.3 Å². The van der Waals surface area contributed by atoms with Crippen molar-refractivity contribution < 1.29 is 18.0 Å². The standard InChI is InChI=1S/C21H26N4O4S2/c1-13-5-7-14(8-6-13)31(28,29)25-10-3-4-16(25)20(27)23-21-18(19(22)26)15-9-11-24(2)12-17(15)30-21/h5-8,16H,3-4,9-12H2,1-2H3,(H2,22,26)(H,23,27). The molecule has 1 fully saturated rings. The largest absolute Gasteiger partial charge is 0.365 e. The smallest absolute Gasteiger partial charge is 0.251 e. The van der Waals surface area contributed by atoms with Crippen LogP contribution in [0.4, 0.5) is 5.00 Å². The van der Waals surface area contributed by atoms with E-state index in [1.165, 1.54) is 15.6 Å². The topological polar surface area (TPSA) is 113 Å². The zero-order valence-electron chi connectivity index (χ0n) is 17.6. The van der Waals surface area contributed by atoms with Gasteiger partial charge in [-0.25, -0.2) is 8.42 Å². The number of hydrogen-bond acceptors (Lipinski definition) is 6. The molecule has 0 bridgehead atoms. The van der Waals surface area contributed by atoms with E-state index in [9.17, 15) is 18.0 Å². The number of likely N-dealkylation sites (N-methyl/N-ethyl adjacent to an activating group) is 1. The Kier molecular flexibility index (Phi) is 5.91. The molecule has 2 amide bonds. The fourth-order valence-corrected chi connectivity index (χ4v) is 7.20. The number of anilines is 1. The van der Waals surface area contributed by atoms with Gasteiger partial charge in [-0.3, -0.25) is 9.59 Å². The number of hydrogen-bond donors (Lipinski definition) is 2. The Hall–Kier alpha value is -2.27. The summed E-state index contributed by atoms with van der Waals surface area (Å²) in [7, 11) is -1.80. The number of sulfonamides is 1. The molecular formula is C21H26N4O4S2. The van der Waals surface area contributed by atoms with Crippen molar-refractivity contribution in [2.24, 2.45) is 5.73 Å². The fourth-order valence-electron chi connectivity index (χ4n) is 4.21. The maximum absolute atomic E-state index is 13.2. The SMILES string of the molecule is Cc1ccc(S(=O)(=O)N2CCCC2C(=O)Nc2sc3c(c2C(N)=O)CCN(C)C3)cc1. The maximum atomic E-state index is 13.2. The van der Waals surface area contributed by atoms with E-state index in [1.54, 1.807) is 24.3 Å². The minimum Gasteiger partial charge on any atom is -0.365 e. The van der Waals surface area contributed by atoms with Gasteiger partial charge in [0.1, 0.15) is 11.0 Å². The van der Waals surface area contributed by atoms with Crippen LogP contribution in [0.15, 0.2) is 29.2 Å². The van der Waals surface area contributed by atoms with Crippen molar-refractivity contribution in [3.05, 3.63) is 45.8 Å². The lowest BCUT2D eigenvalue weighted by Crippen LogP contribution is -2.43. The predicted molar refractivity (Wildman–Crippen MR) is 120 cm³/mol. The molecule has 1 unspecified atom stereocenters. The monoisotopic (exact) mass is 462 g/mol. The Labute approximate surface area is 186 Å². The van der Waals surface area contributed by atoms with Crippen molar-refractivity contribution in [1.29, 1.82) is 0 Å². The van der Waals surface area contributed by atoms with Crippen LogP contribution in [-0.2, 0) is 27.8 Å². The van der Waals surface area contributed by atoms with Crippen LogP contribution < -0.4 is 11.1 Å². The molecule has 1 aromatic heterocycles. The van der Waals surface area contributed by atoms with Crippen molar-refractivity contribution in [3.63, 3.8) is 0 Å². The molecule has 1 saturated heterocycles. The third kappa shape index (κ3) is 4.12. The number of carbonyl (C=O) groups excluding carboxylic acids is 2. The normalized spacial score (nSPS) is 19.9. The number of thiophene rings is 1. The maximum Gasteiger partial charge on any atom is 0.251 e. The van der Waals surface area contributed by atoms with Crippen LogP contribution in [0.2, 0.25) is 0 Å². The lowest BCUT2D eigenvalue weighted by Gasteiger charge is -2.23. The number of primary amides is 1. The third-order valence-electron chi connectivity index (χ3n) is 5.86. The van der Waals surface area contributed by atoms with Gasteiger partial charge in [-0.1, -0.05) is 17.7 Å². The minimum absolute atomic E-state index is 0.172. The molecule has 2 aliphatic heterocycles. The van der Waals surface area contributed by atoms with Crippen molar-refractivity contribution in [3.8, 4) is 0 Å². The Morgan fingerprint density at radius 2 is 1.90 bits per heavy atom. The summed E-state index contributed by atoms with van der Waals surface area (Å²) in [4.78, 5) is 28.6. The second-order valence-corrected chi connectivity index (χ2v) is 11.1. The Morgan fingerprint density at radius 1 is 1.19 bits per heavy atom.